The van der Waals surface area contributed by atoms with E-state index in [2.05, 4.69) is 60.6 Å². The summed E-state index contributed by atoms with van der Waals surface area (Å²) in [6.07, 6.45) is 3.63. The zero-order valence-electron chi connectivity index (χ0n) is 85.2. The first-order valence-corrected chi connectivity index (χ1v) is 48.9. The first-order valence-electron chi connectivity index (χ1n) is 48.9. The summed E-state index contributed by atoms with van der Waals surface area (Å²) in [5.41, 5.74) is 0.239. The molecule has 0 radical (unpaired) electrons. The predicted molar refractivity (Wildman–Crippen MR) is 550 cm³/mol. The SMILES string of the molecule is C=CCOc1ccc(C[C@H](NC(=O)C(Cc2ccc3ccccc3c2)NC(=O)[C@@H]2C[C@@H](n3cc(COc4ccc(CC(NC(=O)C(Cc5ccc6ccccc6c5)NC(=O)[C@@H]5C[C@H](CC=C)CN5C(=O)C(NC(=O)C(C)N(C)C(=O)OC(C)(C)C)C(C)(C)C)C(=O)O)cc4)nn3)CN2C(=O)C(NC(=O)C(C)N(C)C(=O)OC(C)(C)C)C(C)(C)C)c2nnnn2C(c2ccccc2)(c2ccccc2)c2ccccc2)cc1. The number of fused-ring (bicyclic) bond motifs is 2. The number of likely N-dealkylation sites (N-methyl/N-ethyl adjacent to an activating group) is 2. The van der Waals surface area contributed by atoms with Gasteiger partial charge in [-0.15, -0.1) is 16.8 Å². The van der Waals surface area contributed by atoms with Gasteiger partial charge in [0, 0.05) is 59.3 Å². The second-order valence-electron chi connectivity index (χ2n) is 41.6. The quantitative estimate of drug-likeness (QED) is 0.0139. The summed E-state index contributed by atoms with van der Waals surface area (Å²) in [5.74, 6) is -5.92. The number of nitrogens with one attached hydrogen (secondary N) is 6. The van der Waals surface area contributed by atoms with Gasteiger partial charge in [-0.05, 0) is 180 Å². The molecule has 2 aliphatic heterocycles. The molecule has 0 aliphatic carbocycles. The first kappa shape index (κ1) is 107. The number of allylic oxidation sites excluding steroid dienone is 1. The number of ether oxygens (including phenoxy) is 4. The lowest BCUT2D eigenvalue weighted by Gasteiger charge is -2.37. The van der Waals surface area contributed by atoms with Crippen molar-refractivity contribution < 1.29 is 76.8 Å². The smallest absolute Gasteiger partial charge is 0.410 e. The van der Waals surface area contributed by atoms with Crippen molar-refractivity contribution >= 4 is 87.0 Å². The Balaban J connectivity index is 0.768. The Kier molecular flexibility index (Phi) is 34.1. The second kappa shape index (κ2) is 46.3. The van der Waals surface area contributed by atoms with Gasteiger partial charge in [0.25, 0.3) is 0 Å². The molecule has 7 N–H and O–H groups in total. The molecule has 7 unspecified atom stereocenters. The van der Waals surface area contributed by atoms with E-state index in [1.165, 1.54) is 42.4 Å². The number of aromatic nitrogens is 7. The number of hydrogen-bond donors (Lipinski definition) is 7. The van der Waals surface area contributed by atoms with Gasteiger partial charge < -0.3 is 65.8 Å². The minimum atomic E-state index is -1.54. The number of carboxylic acid groups (broad SMARTS) is 1. The zero-order chi connectivity index (χ0) is 105. The van der Waals surface area contributed by atoms with Gasteiger partial charge in [0.2, 0.25) is 47.3 Å². The molecule has 2 aliphatic rings. The Morgan fingerprint density at radius 1 is 0.455 bits per heavy atom. The second-order valence-corrected chi connectivity index (χ2v) is 41.6. The number of amides is 10. The number of carbonyl (C=O) groups is 11. The lowest BCUT2D eigenvalue weighted by Crippen LogP contribution is -2.61. The molecule has 2 fully saturated rings. The lowest BCUT2D eigenvalue weighted by atomic mass is 9.77. The number of likely N-dealkylation sites (tertiary alicyclic amines) is 2. The third-order valence-corrected chi connectivity index (χ3v) is 26.2. The fourth-order valence-electron chi connectivity index (χ4n) is 18.3. The van der Waals surface area contributed by atoms with Crippen LogP contribution >= 0.6 is 0 Å². The molecule has 10 amide bonds. The molecule has 0 spiro atoms. The summed E-state index contributed by atoms with van der Waals surface area (Å²) in [7, 11) is 2.84. The van der Waals surface area contributed by atoms with E-state index in [0.717, 1.165) is 53.6 Å². The summed E-state index contributed by atoms with van der Waals surface area (Å²) in [6, 6.07) is 56.7. The van der Waals surface area contributed by atoms with Gasteiger partial charge >= 0.3 is 18.2 Å². The first-order chi connectivity index (χ1) is 68.9. The van der Waals surface area contributed by atoms with Gasteiger partial charge in [-0.3, -0.25) is 48.2 Å². The fraction of sp³-hybridized carbons (Fsp3) is 0.393. The summed E-state index contributed by atoms with van der Waals surface area (Å²) in [4.78, 5) is 168. The highest BCUT2D eigenvalue weighted by atomic mass is 16.6. The van der Waals surface area contributed by atoms with Crippen molar-refractivity contribution in [2.24, 2.45) is 16.7 Å². The van der Waals surface area contributed by atoms with E-state index in [1.54, 1.807) is 130 Å². The molecular formula is C112H133N17O16. The normalized spacial score (nSPS) is 16.6. The van der Waals surface area contributed by atoms with E-state index < -0.39 is 159 Å². The summed E-state index contributed by atoms with van der Waals surface area (Å²) >= 11 is 0. The number of carboxylic acids is 1. The highest BCUT2D eigenvalue weighted by Crippen LogP contribution is 2.43. The van der Waals surface area contributed by atoms with Crippen LogP contribution in [-0.2, 0) is 90.5 Å². The van der Waals surface area contributed by atoms with Crippen LogP contribution in [-0.4, -0.2) is 225 Å². The molecule has 4 heterocycles. The van der Waals surface area contributed by atoms with Crippen LogP contribution in [0.4, 0.5) is 9.59 Å². The Labute approximate surface area is 846 Å². The molecule has 762 valence electrons. The molecule has 13 rings (SSSR count). The molecule has 2 aromatic heterocycles. The van der Waals surface area contributed by atoms with Gasteiger partial charge in [0.05, 0.1) is 18.3 Å². The Bertz CT molecular complexity index is 6350. The van der Waals surface area contributed by atoms with E-state index >= 15 is 28.8 Å². The van der Waals surface area contributed by atoms with Crippen molar-refractivity contribution in [2.75, 3.05) is 33.8 Å². The molecule has 0 saturated carbocycles. The van der Waals surface area contributed by atoms with Crippen LogP contribution in [0.2, 0.25) is 0 Å². The third-order valence-electron chi connectivity index (χ3n) is 26.2. The van der Waals surface area contributed by atoms with Gasteiger partial charge in [0.1, 0.15) is 102 Å². The Morgan fingerprint density at radius 2 is 0.876 bits per heavy atom. The van der Waals surface area contributed by atoms with Crippen LogP contribution in [0.15, 0.2) is 256 Å². The largest absolute Gasteiger partial charge is 0.490 e. The monoisotopic (exact) mass is 1970 g/mol. The maximum atomic E-state index is 16.4. The number of benzene rings is 9. The standard InChI is InChI=1S/C112H133N17O16/c1-19-34-76-64-92(126(66-76)103(136)94(108(5,6)7)117-97(130)70(3)124(17)106(140)144-110(11,12)13)101(134)114-90(63-75-46-52-78-36-31-33-38-80(78)59-75)100(133)116-91(105(138)139)61-73-49-55-87(56-50-73)143-69-84-67-128(122-119-84)85-65-93(127(68-85)104(137)95(109(8,9)10)118-98(131)71(4)125(18)107(141)145-111(14,15)16)102(135)115-89(62-74-45-51-77-35-30-32-37-79(77)58-74)99(132)113-88(60-72-47-53-86(54-48-72)142-57-20-2)96-120-121-123-129(96)112(81-39-24-21-25-40-81,82-41-26-22-27-42-82)83-43-28-23-29-44-83/h19-33,35-56,58-59,67,70-71,76,85,88-95H,1-2,34,57,60-66,68-69H2,3-18H3,(H,113,132)(H,114,134)(H,115,135)(H,116,133)(H,117,130)(H,118,131)(H,138,139)/t70?,71?,76-,85+,88-,89?,90?,91?,92-,93-,94?,95?/m0/s1. The molecule has 33 nitrogen and oxygen atoms in total. The van der Waals surface area contributed by atoms with Crippen LogP contribution in [0, 0.1) is 16.7 Å². The number of tetrazole rings is 1. The molecule has 0 bridgehead atoms. The topological polar surface area (TPSA) is 404 Å². The maximum absolute atomic E-state index is 16.4. The molecule has 11 aromatic rings. The van der Waals surface area contributed by atoms with Crippen molar-refractivity contribution in [2.45, 2.75) is 232 Å². The van der Waals surface area contributed by atoms with Crippen molar-refractivity contribution in [3.05, 3.63) is 306 Å². The summed E-state index contributed by atoms with van der Waals surface area (Å²) in [5, 5.41) is 55.7. The van der Waals surface area contributed by atoms with Crippen molar-refractivity contribution in [3.8, 4) is 11.5 Å². The highest BCUT2D eigenvalue weighted by molar-refractivity contribution is 5.99. The van der Waals surface area contributed by atoms with E-state index in [4.69, 9.17) is 29.3 Å². The number of nitrogens with zero attached hydrogens (tertiary/aromatic N) is 11. The van der Waals surface area contributed by atoms with Gasteiger partial charge in [-0.25, -0.2) is 23.7 Å². The van der Waals surface area contributed by atoms with Crippen LogP contribution in [0.3, 0.4) is 0 Å². The number of carbonyl (C=O) groups excluding carboxylic acids is 10. The summed E-state index contributed by atoms with van der Waals surface area (Å²) < 4.78 is 26.7. The van der Waals surface area contributed by atoms with Gasteiger partial charge in [0.15, 0.2) is 5.82 Å². The number of aliphatic carboxylic acids is 1. The fourth-order valence-corrected chi connectivity index (χ4v) is 18.3. The minimum Gasteiger partial charge on any atom is -0.490 e. The predicted octanol–water partition coefficient (Wildman–Crippen LogP) is 13.7. The molecule has 2 saturated heterocycles. The van der Waals surface area contributed by atoms with Crippen molar-refractivity contribution in [1.82, 2.24) is 86.7 Å². The molecule has 12 atom stereocenters. The average Bonchev–Trinajstić information content (AvgIpc) is 1.71. The zero-order valence-corrected chi connectivity index (χ0v) is 85.2. The van der Waals surface area contributed by atoms with Crippen LogP contribution in [0.5, 0.6) is 11.5 Å². The van der Waals surface area contributed by atoms with Crippen molar-refractivity contribution in [1.29, 1.82) is 0 Å². The molecular weight excluding hydrogens is 1840 g/mol. The number of hydrogen-bond acceptors (Lipinski definition) is 20. The summed E-state index contributed by atoms with van der Waals surface area (Å²) in [6.45, 7) is 31.6. The minimum absolute atomic E-state index is 0.0727. The highest BCUT2D eigenvalue weighted by Gasteiger charge is 2.51. The average molecular weight is 1970 g/mol. The van der Waals surface area contributed by atoms with Gasteiger partial charge in [-0.2, -0.15) is 0 Å². The van der Waals surface area contributed by atoms with Crippen molar-refractivity contribution in [3.63, 3.8) is 0 Å². The Hall–Kier alpha value is -15.4. The van der Waals surface area contributed by atoms with Crippen LogP contribution < -0.4 is 41.4 Å². The van der Waals surface area contributed by atoms with E-state index in [1.807, 2.05) is 200 Å². The third kappa shape index (κ3) is 26.7. The van der Waals surface area contributed by atoms with Gasteiger partial charge in [-0.1, -0.05) is 266 Å². The Morgan fingerprint density at radius 3 is 1.32 bits per heavy atom. The van der Waals surface area contributed by atoms with E-state index in [0.29, 0.717) is 40.3 Å². The van der Waals surface area contributed by atoms with Crippen LogP contribution in [0.25, 0.3) is 21.5 Å². The maximum Gasteiger partial charge on any atom is 0.410 e. The number of rotatable bonds is 39. The van der Waals surface area contributed by atoms with Crippen LogP contribution in [0.1, 0.15) is 179 Å². The lowest BCUT2D eigenvalue weighted by molar-refractivity contribution is -0.145. The molecule has 9 aromatic carbocycles. The molecule has 145 heavy (non-hydrogen) atoms. The molecule has 33 heteroatoms. The van der Waals surface area contributed by atoms with E-state index in [9.17, 15) is 29.1 Å². The van der Waals surface area contributed by atoms with E-state index in [-0.39, 0.29) is 76.6 Å².